The summed E-state index contributed by atoms with van der Waals surface area (Å²) in [5.74, 6) is -0.910. The summed E-state index contributed by atoms with van der Waals surface area (Å²) in [5.41, 5.74) is 10.2. The average Bonchev–Trinajstić information content (AvgIpc) is 2.17. The Hall–Kier alpha value is -0.0700. The van der Waals surface area contributed by atoms with Gasteiger partial charge in [0.15, 0.2) is 0 Å². The topological polar surface area (TPSA) is 116 Å². The van der Waals surface area contributed by atoms with E-state index in [0.29, 0.717) is 0 Å². The Morgan fingerprint density at radius 1 is 1.53 bits per heavy atom. The lowest BCUT2D eigenvalue weighted by molar-refractivity contribution is -0.139. The third-order valence-electron chi connectivity index (χ3n) is 1.51. The van der Waals surface area contributed by atoms with E-state index in [1.165, 1.54) is 7.11 Å². The van der Waals surface area contributed by atoms with E-state index in [4.69, 9.17) is 16.3 Å². The van der Waals surface area contributed by atoms with Gasteiger partial charge < -0.3 is 15.4 Å². The van der Waals surface area contributed by atoms with E-state index in [9.17, 15) is 9.36 Å². The molecule has 0 fully saturated rings. The molecule has 0 aliphatic heterocycles. The van der Waals surface area contributed by atoms with Crippen molar-refractivity contribution >= 4 is 24.1 Å². The van der Waals surface area contributed by atoms with Gasteiger partial charge in [-0.1, -0.05) is 25.2 Å². The molecule has 0 aliphatic carbocycles. The summed E-state index contributed by atoms with van der Waals surface area (Å²) in [4.78, 5) is 10.0. The molecule has 6 nitrogen and oxygen atoms in total. The van der Waals surface area contributed by atoms with Gasteiger partial charge in [0.05, 0.1) is 0 Å². The molecule has 92 valence electrons. The Morgan fingerprint density at radius 2 is 1.93 bits per heavy atom. The molecule has 0 saturated heterocycles. The molecule has 0 aliphatic rings. The smallest absolute Gasteiger partial charge is 0.323 e. The molecule has 15 heavy (non-hydrogen) atoms. The normalized spacial score (nSPS) is 16.2. The molecule has 0 saturated carbocycles. The minimum absolute atomic E-state index is 0.0208. The lowest BCUT2D eigenvalue weighted by Crippen LogP contribution is -2.34. The second-order valence-electron chi connectivity index (χ2n) is 3.01. The van der Waals surface area contributed by atoms with Gasteiger partial charge in [-0.3, -0.25) is 14.9 Å². The molecular weight excluding hydrogens is 239 g/mol. The lowest BCUT2D eigenvalue weighted by atomic mass is 10.1. The maximum Gasteiger partial charge on any atom is 0.323 e. The third kappa shape index (κ3) is 10.2. The van der Waals surface area contributed by atoms with E-state index in [1.807, 2.05) is 0 Å². The van der Waals surface area contributed by atoms with Crippen LogP contribution in [0.1, 0.15) is 13.8 Å². The molecule has 2 atom stereocenters. The van der Waals surface area contributed by atoms with E-state index >= 15 is 0 Å². The molecule has 0 amide bonds. The van der Waals surface area contributed by atoms with Crippen molar-refractivity contribution in [1.82, 2.24) is 0 Å². The molecule has 1 unspecified atom stereocenters. The molecule has 0 aromatic heterocycles. The number of carboxylic acids is 1. The van der Waals surface area contributed by atoms with Crippen LogP contribution in [0.2, 0.25) is 0 Å². The van der Waals surface area contributed by atoms with Crippen molar-refractivity contribution in [3.63, 3.8) is 0 Å². The zero-order valence-electron chi connectivity index (χ0n) is 9.34. The molecule has 0 radical (unpaired) electrons. The zero-order chi connectivity index (χ0) is 12.6. The fourth-order valence-corrected chi connectivity index (χ4v) is 0.956. The molecule has 0 spiro atoms. The number of hydrogen-bond donors (Lipinski definition) is 3. The van der Waals surface area contributed by atoms with Crippen LogP contribution in [0.15, 0.2) is 0 Å². The number of aliphatic carboxylic acids is 1. The van der Waals surface area contributed by atoms with Crippen LogP contribution >= 0.6 is 18.1 Å². The van der Waals surface area contributed by atoms with Crippen LogP contribution in [0.3, 0.4) is 0 Å². The number of rotatable bonds is 4. The van der Waals surface area contributed by atoms with E-state index < -0.39 is 18.7 Å². The van der Waals surface area contributed by atoms with E-state index in [0.717, 1.165) is 11.4 Å². The predicted molar refractivity (Wildman–Crippen MR) is 62.8 cm³/mol. The first kappa shape index (κ1) is 17.3. The molecule has 0 heterocycles. The van der Waals surface area contributed by atoms with Gasteiger partial charge in [-0.15, -0.1) is 0 Å². The molecular formula is C7H19N2O4PS. The van der Waals surface area contributed by atoms with Gasteiger partial charge in [-0.25, -0.2) is 0 Å². The average molecular weight is 258 g/mol. The van der Waals surface area contributed by atoms with Gasteiger partial charge in [0.25, 0.3) is 0 Å². The summed E-state index contributed by atoms with van der Waals surface area (Å²) >= 11 is 1.04. The van der Waals surface area contributed by atoms with Crippen LogP contribution in [-0.4, -0.2) is 30.5 Å². The molecule has 0 aromatic rings. The first-order valence-electron chi connectivity index (χ1n) is 4.16. The van der Waals surface area contributed by atoms with Gasteiger partial charge in [0.2, 0.25) is 0 Å². The number of carbonyl (C=O) groups is 1. The summed E-state index contributed by atoms with van der Waals surface area (Å²) in [6.45, 7) is 0.815. The van der Waals surface area contributed by atoms with Gasteiger partial charge in [-0.2, -0.15) is 0 Å². The number of hydrogen-bond acceptors (Lipinski definition) is 5. The van der Waals surface area contributed by atoms with Crippen LogP contribution in [0, 0.1) is 5.92 Å². The predicted octanol–water partition coefficient (Wildman–Crippen LogP) is 1.12. The Morgan fingerprint density at radius 3 is 1.93 bits per heavy atom. The highest BCUT2D eigenvalue weighted by Gasteiger charge is 2.14. The molecule has 0 bridgehead atoms. The molecule has 8 heteroatoms. The molecule has 5 N–H and O–H groups in total. The first-order chi connectivity index (χ1) is 6.67. The Kier molecular flexibility index (Phi) is 9.39. The van der Waals surface area contributed by atoms with Crippen LogP contribution in [0.25, 0.3) is 0 Å². The number of nitrogens with two attached hydrogens (primary N) is 2. The molecule has 0 aromatic carbocycles. The standard InChI is InChI=1S/C5H11NO2.C2H8NO2PS/c1-3(2)4(6)5(7)8;1-5-6(3,4)7-2/h3-4H,6H2,1-2H3,(H,7,8);1-2H3,(H2,3,4)/t4-;/m0./s1. The van der Waals surface area contributed by atoms with E-state index in [1.54, 1.807) is 20.1 Å². The quantitative estimate of drug-likeness (QED) is 0.647. The SMILES string of the molecule is CC(C)[C@H](N)C(=O)O.COP(N)(=O)SC. The van der Waals surface area contributed by atoms with Crippen molar-refractivity contribution in [2.75, 3.05) is 13.4 Å². The summed E-state index contributed by atoms with van der Waals surface area (Å²) in [5, 5.41) is 8.23. The second-order valence-corrected chi connectivity index (χ2v) is 7.45. The van der Waals surface area contributed by atoms with Crippen molar-refractivity contribution in [2.45, 2.75) is 19.9 Å². The van der Waals surface area contributed by atoms with E-state index in [2.05, 4.69) is 4.52 Å². The number of carboxylic acid groups (broad SMARTS) is 1. The van der Waals surface area contributed by atoms with Crippen LogP contribution in [0.5, 0.6) is 0 Å². The molecule has 0 rings (SSSR count). The summed E-state index contributed by atoms with van der Waals surface area (Å²) in [6.07, 6.45) is 1.64. The highest BCUT2D eigenvalue weighted by molar-refractivity contribution is 8.55. The van der Waals surface area contributed by atoms with Gasteiger partial charge >= 0.3 is 12.7 Å². The minimum Gasteiger partial charge on any atom is -0.480 e. The maximum atomic E-state index is 10.5. The van der Waals surface area contributed by atoms with Crippen molar-refractivity contribution < 1.29 is 19.0 Å². The first-order valence-corrected chi connectivity index (χ1v) is 7.68. The third-order valence-corrected chi connectivity index (χ3v) is 4.50. The van der Waals surface area contributed by atoms with Crippen LogP contribution < -0.4 is 11.2 Å². The van der Waals surface area contributed by atoms with E-state index in [-0.39, 0.29) is 5.92 Å². The van der Waals surface area contributed by atoms with Crippen molar-refractivity contribution in [2.24, 2.45) is 17.2 Å². The maximum absolute atomic E-state index is 10.5. The van der Waals surface area contributed by atoms with Gasteiger partial charge in [0.1, 0.15) is 6.04 Å². The highest BCUT2D eigenvalue weighted by Crippen LogP contribution is 2.48. The Bertz CT molecular complexity index is 229. The summed E-state index contributed by atoms with van der Waals surface area (Å²) in [7, 11) is 1.33. The van der Waals surface area contributed by atoms with Crippen LogP contribution in [0.4, 0.5) is 0 Å². The van der Waals surface area contributed by atoms with Gasteiger partial charge in [0, 0.05) is 7.11 Å². The minimum atomic E-state index is -2.74. The Balaban J connectivity index is 0. The fourth-order valence-electron chi connectivity index (χ4n) is 0.360. The Labute approximate surface area is 94.0 Å². The summed E-state index contributed by atoms with van der Waals surface area (Å²) in [6, 6.07) is -0.713. The van der Waals surface area contributed by atoms with Crippen molar-refractivity contribution in [3.05, 3.63) is 0 Å². The largest absolute Gasteiger partial charge is 0.480 e. The van der Waals surface area contributed by atoms with Crippen molar-refractivity contribution in [3.8, 4) is 0 Å². The fraction of sp³-hybridized carbons (Fsp3) is 0.857. The summed E-state index contributed by atoms with van der Waals surface area (Å²) < 4.78 is 14.9. The van der Waals surface area contributed by atoms with Gasteiger partial charge in [-0.05, 0) is 12.2 Å². The second kappa shape index (κ2) is 8.13. The monoisotopic (exact) mass is 258 g/mol. The zero-order valence-corrected chi connectivity index (χ0v) is 11.0. The van der Waals surface area contributed by atoms with Crippen LogP contribution in [-0.2, 0) is 13.9 Å². The van der Waals surface area contributed by atoms with Crippen molar-refractivity contribution in [1.29, 1.82) is 0 Å². The lowest BCUT2D eigenvalue weighted by Gasteiger charge is -2.07. The highest BCUT2D eigenvalue weighted by atomic mass is 32.7.